The van der Waals surface area contributed by atoms with Crippen molar-refractivity contribution in [3.63, 3.8) is 0 Å². The second-order valence-corrected chi connectivity index (χ2v) is 9.21. The van der Waals surface area contributed by atoms with E-state index in [9.17, 15) is 14.7 Å². The number of aliphatic hydroxyl groups is 1. The number of methoxy groups -OCH3 is 1. The molecule has 1 amide bonds. The minimum Gasteiger partial charge on any atom is -0.507 e. The van der Waals surface area contributed by atoms with Crippen molar-refractivity contribution in [2.75, 3.05) is 33.5 Å². The zero-order valence-corrected chi connectivity index (χ0v) is 23.1. The summed E-state index contributed by atoms with van der Waals surface area (Å²) >= 11 is 0. The fourth-order valence-corrected chi connectivity index (χ4v) is 4.69. The van der Waals surface area contributed by atoms with Crippen molar-refractivity contribution in [1.29, 1.82) is 0 Å². The van der Waals surface area contributed by atoms with Crippen LogP contribution in [0.5, 0.6) is 17.2 Å². The molecule has 0 radical (unpaired) electrons. The second-order valence-electron chi connectivity index (χ2n) is 9.21. The summed E-state index contributed by atoms with van der Waals surface area (Å²) in [5.41, 5.74) is 2.07. The number of ether oxygens (including phenoxy) is 4. The summed E-state index contributed by atoms with van der Waals surface area (Å²) < 4.78 is 22.6. The van der Waals surface area contributed by atoms with Gasteiger partial charge in [0.25, 0.3) is 11.7 Å². The monoisotopic (exact) mass is 545 g/mol. The highest BCUT2D eigenvalue weighted by Crippen LogP contribution is 2.42. The minimum absolute atomic E-state index is 0.0204. The smallest absolute Gasteiger partial charge is 0.295 e. The van der Waals surface area contributed by atoms with Gasteiger partial charge in [0.05, 0.1) is 24.8 Å². The Balaban J connectivity index is 1.74. The summed E-state index contributed by atoms with van der Waals surface area (Å²) in [5.74, 6) is 0.00923. The molecule has 40 heavy (non-hydrogen) atoms. The first-order valence-electron chi connectivity index (χ1n) is 13.4. The lowest BCUT2D eigenvalue weighted by Gasteiger charge is -2.26. The van der Waals surface area contributed by atoms with E-state index in [1.54, 1.807) is 49.6 Å². The molecule has 0 aromatic heterocycles. The number of hydrogen-bond acceptors (Lipinski definition) is 7. The van der Waals surface area contributed by atoms with E-state index >= 15 is 0 Å². The van der Waals surface area contributed by atoms with E-state index in [0.717, 1.165) is 5.56 Å². The largest absolute Gasteiger partial charge is 0.507 e. The predicted molar refractivity (Wildman–Crippen MR) is 151 cm³/mol. The van der Waals surface area contributed by atoms with Crippen molar-refractivity contribution < 1.29 is 33.6 Å². The molecule has 1 unspecified atom stereocenters. The number of likely N-dealkylation sites (tertiary alicyclic amines) is 1. The van der Waals surface area contributed by atoms with E-state index in [-0.39, 0.29) is 17.9 Å². The van der Waals surface area contributed by atoms with Gasteiger partial charge in [-0.15, -0.1) is 0 Å². The molecule has 1 N–H and O–H groups in total. The molecule has 0 saturated carbocycles. The lowest BCUT2D eigenvalue weighted by Crippen LogP contribution is -2.31. The molecule has 0 spiro atoms. The number of rotatable bonds is 13. The van der Waals surface area contributed by atoms with Gasteiger partial charge in [-0.25, -0.2) is 0 Å². The fraction of sp³-hybridized carbons (Fsp3) is 0.312. The molecule has 3 aromatic carbocycles. The zero-order chi connectivity index (χ0) is 28.5. The third-order valence-corrected chi connectivity index (χ3v) is 6.55. The number of Topliss-reactive ketones (excluding diaryl/α,β-unsaturated/α-hetero) is 1. The second kappa shape index (κ2) is 13.7. The molecule has 1 heterocycles. The molecule has 0 aliphatic carbocycles. The SMILES string of the molecule is CCOc1ccc(C(O)=C2C(=O)C(=O)N(CCCOC)C2c2ccc(OCc3ccccc3)c(OCC)c2)cc1. The normalized spacial score (nSPS) is 16.3. The van der Waals surface area contributed by atoms with Crippen molar-refractivity contribution in [1.82, 2.24) is 4.90 Å². The highest BCUT2D eigenvalue weighted by molar-refractivity contribution is 6.46. The number of benzene rings is 3. The van der Waals surface area contributed by atoms with E-state index in [1.807, 2.05) is 44.2 Å². The molecule has 4 rings (SSSR count). The number of carbonyl (C=O) groups is 2. The third kappa shape index (κ3) is 6.46. The Hall–Kier alpha value is -4.30. The van der Waals surface area contributed by atoms with Crippen molar-refractivity contribution in [2.45, 2.75) is 32.9 Å². The topological polar surface area (TPSA) is 94.5 Å². The first-order valence-corrected chi connectivity index (χ1v) is 13.4. The molecule has 0 bridgehead atoms. The van der Waals surface area contributed by atoms with Crippen molar-refractivity contribution in [2.24, 2.45) is 0 Å². The van der Waals surface area contributed by atoms with Gasteiger partial charge in [-0.2, -0.15) is 0 Å². The summed E-state index contributed by atoms with van der Waals surface area (Å²) in [7, 11) is 1.58. The molecular formula is C32H35NO7. The summed E-state index contributed by atoms with van der Waals surface area (Å²) in [4.78, 5) is 28.0. The molecule has 1 aliphatic heterocycles. The van der Waals surface area contributed by atoms with E-state index in [0.29, 0.717) is 61.2 Å². The molecule has 3 aromatic rings. The van der Waals surface area contributed by atoms with Gasteiger partial charge in [0.2, 0.25) is 0 Å². The summed E-state index contributed by atoms with van der Waals surface area (Å²) in [5, 5.41) is 11.3. The van der Waals surface area contributed by atoms with Gasteiger partial charge >= 0.3 is 0 Å². The van der Waals surface area contributed by atoms with Crippen LogP contribution in [0.15, 0.2) is 78.4 Å². The van der Waals surface area contributed by atoms with Crippen molar-refractivity contribution >= 4 is 17.4 Å². The highest BCUT2D eigenvalue weighted by Gasteiger charge is 2.46. The number of ketones is 1. The van der Waals surface area contributed by atoms with E-state index in [2.05, 4.69) is 0 Å². The minimum atomic E-state index is -0.814. The molecular weight excluding hydrogens is 510 g/mol. The van der Waals surface area contributed by atoms with Gasteiger partial charge in [0, 0.05) is 25.8 Å². The van der Waals surface area contributed by atoms with Gasteiger partial charge in [-0.3, -0.25) is 9.59 Å². The zero-order valence-electron chi connectivity index (χ0n) is 23.1. The Labute approximate surface area is 234 Å². The maximum atomic E-state index is 13.3. The molecule has 1 aliphatic rings. The molecule has 1 saturated heterocycles. The maximum Gasteiger partial charge on any atom is 0.295 e. The molecule has 8 nitrogen and oxygen atoms in total. The van der Waals surface area contributed by atoms with Crippen LogP contribution in [0.2, 0.25) is 0 Å². The number of hydrogen-bond donors (Lipinski definition) is 1. The average molecular weight is 546 g/mol. The van der Waals surface area contributed by atoms with E-state index in [4.69, 9.17) is 18.9 Å². The van der Waals surface area contributed by atoms with Gasteiger partial charge in [0.15, 0.2) is 11.5 Å². The molecule has 1 fully saturated rings. The van der Waals surface area contributed by atoms with Crippen LogP contribution in [0.3, 0.4) is 0 Å². The Morgan fingerprint density at radius 2 is 1.60 bits per heavy atom. The first-order chi connectivity index (χ1) is 19.5. The molecule has 210 valence electrons. The van der Waals surface area contributed by atoms with E-state index in [1.165, 1.54) is 4.90 Å². The van der Waals surface area contributed by atoms with Crippen LogP contribution in [0, 0.1) is 0 Å². The van der Waals surface area contributed by atoms with Crippen molar-refractivity contribution in [3.05, 3.63) is 95.1 Å². The Bertz CT molecular complexity index is 1340. The summed E-state index contributed by atoms with van der Waals surface area (Å²) in [6, 6.07) is 21.1. The maximum absolute atomic E-state index is 13.3. The summed E-state index contributed by atoms with van der Waals surface area (Å²) in [6.45, 7) is 5.71. The first kappa shape index (κ1) is 28.7. The van der Waals surface area contributed by atoms with Crippen LogP contribution >= 0.6 is 0 Å². The highest BCUT2D eigenvalue weighted by atomic mass is 16.5. The van der Waals surface area contributed by atoms with Crippen LogP contribution in [-0.2, 0) is 20.9 Å². The number of carbonyl (C=O) groups excluding carboxylic acids is 2. The average Bonchev–Trinajstić information content (AvgIpc) is 3.22. The van der Waals surface area contributed by atoms with Crippen LogP contribution in [0.1, 0.15) is 43.0 Å². The Morgan fingerprint density at radius 1 is 0.875 bits per heavy atom. The van der Waals surface area contributed by atoms with E-state index < -0.39 is 17.7 Å². The van der Waals surface area contributed by atoms with Gasteiger partial charge in [0.1, 0.15) is 18.1 Å². The number of amides is 1. The quantitative estimate of drug-likeness (QED) is 0.131. The summed E-state index contributed by atoms with van der Waals surface area (Å²) in [6.07, 6.45) is 0.527. The number of nitrogens with zero attached hydrogens (tertiary/aromatic N) is 1. The van der Waals surface area contributed by atoms with Crippen LogP contribution in [0.25, 0.3) is 5.76 Å². The van der Waals surface area contributed by atoms with Crippen molar-refractivity contribution in [3.8, 4) is 17.2 Å². The van der Waals surface area contributed by atoms with Crippen LogP contribution in [0.4, 0.5) is 0 Å². The Kier molecular flexibility index (Phi) is 9.81. The Morgan fingerprint density at radius 3 is 2.27 bits per heavy atom. The number of aliphatic hydroxyl groups excluding tert-OH is 1. The lowest BCUT2D eigenvalue weighted by atomic mass is 9.95. The van der Waals surface area contributed by atoms with Crippen LogP contribution < -0.4 is 14.2 Å². The predicted octanol–water partition coefficient (Wildman–Crippen LogP) is 5.52. The molecule has 1 atom stereocenters. The lowest BCUT2D eigenvalue weighted by molar-refractivity contribution is -0.140. The fourth-order valence-electron chi connectivity index (χ4n) is 4.69. The molecule has 8 heteroatoms. The standard InChI is InChI=1S/C32H35NO7/c1-4-38-25-15-12-23(13-16-25)30(34)28-29(33(18-9-19-37-3)32(36)31(28)35)24-14-17-26(27(20-24)39-5-2)40-21-22-10-7-6-8-11-22/h6-8,10-17,20,29,34H,4-5,9,18-19,21H2,1-3H3. The van der Waals surface area contributed by atoms with Gasteiger partial charge < -0.3 is 29.0 Å². The van der Waals surface area contributed by atoms with Gasteiger partial charge in [-0.05, 0) is 67.8 Å². The third-order valence-electron chi connectivity index (χ3n) is 6.55. The van der Waals surface area contributed by atoms with Crippen LogP contribution in [-0.4, -0.2) is 55.2 Å². The van der Waals surface area contributed by atoms with Gasteiger partial charge in [-0.1, -0.05) is 36.4 Å².